The predicted molar refractivity (Wildman–Crippen MR) is 123 cm³/mol. The quantitative estimate of drug-likeness (QED) is 0.553. The van der Waals surface area contributed by atoms with Crippen LogP contribution in [0.3, 0.4) is 0 Å². The van der Waals surface area contributed by atoms with Crippen LogP contribution in [0.4, 0.5) is 5.69 Å². The number of amides is 1. The molecule has 160 valence electrons. The Morgan fingerprint density at radius 3 is 2.16 bits per heavy atom. The number of nitrogens with one attached hydrogen (secondary N) is 1. The van der Waals surface area contributed by atoms with E-state index in [4.69, 9.17) is 4.74 Å². The first-order valence-electron chi connectivity index (χ1n) is 9.68. The summed E-state index contributed by atoms with van der Waals surface area (Å²) in [6.07, 6.45) is 1.51. The molecular weight excluding hydrogens is 412 g/mol. The second-order valence-corrected chi connectivity index (χ2v) is 8.47. The van der Waals surface area contributed by atoms with E-state index < -0.39 is 15.9 Å². The maximum atomic E-state index is 13.1. The van der Waals surface area contributed by atoms with Crippen LogP contribution in [0, 0.1) is 0 Å². The molecular formula is C24H24N2O4S. The van der Waals surface area contributed by atoms with Gasteiger partial charge in [-0.3, -0.25) is 9.10 Å². The van der Waals surface area contributed by atoms with Crippen molar-refractivity contribution in [1.29, 1.82) is 0 Å². The SMILES string of the molecule is COc1ccc(N(CC(=O)NCc2ccccc2)S(=O)(=O)/C=C\c2ccccc2)cc1. The zero-order valence-corrected chi connectivity index (χ0v) is 18.0. The highest BCUT2D eigenvalue weighted by Gasteiger charge is 2.23. The van der Waals surface area contributed by atoms with Crippen LogP contribution in [0.1, 0.15) is 11.1 Å². The van der Waals surface area contributed by atoms with Crippen LogP contribution in [0.5, 0.6) is 5.75 Å². The van der Waals surface area contributed by atoms with Gasteiger partial charge in [-0.1, -0.05) is 60.7 Å². The van der Waals surface area contributed by atoms with Crippen LogP contribution in [0.25, 0.3) is 6.08 Å². The molecule has 0 fully saturated rings. The fraction of sp³-hybridized carbons (Fsp3) is 0.125. The third-order valence-corrected chi connectivity index (χ3v) is 5.95. The number of anilines is 1. The van der Waals surface area contributed by atoms with E-state index in [0.29, 0.717) is 18.0 Å². The molecule has 3 aromatic carbocycles. The van der Waals surface area contributed by atoms with Crippen molar-refractivity contribution in [1.82, 2.24) is 5.32 Å². The maximum absolute atomic E-state index is 13.1. The van der Waals surface area contributed by atoms with Gasteiger partial charge in [0.2, 0.25) is 5.91 Å². The first-order valence-corrected chi connectivity index (χ1v) is 11.2. The van der Waals surface area contributed by atoms with Crippen molar-refractivity contribution in [2.75, 3.05) is 18.0 Å². The highest BCUT2D eigenvalue weighted by molar-refractivity contribution is 7.95. The van der Waals surface area contributed by atoms with Crippen LogP contribution in [-0.2, 0) is 21.4 Å². The number of carbonyl (C=O) groups excluding carboxylic acids is 1. The van der Waals surface area contributed by atoms with E-state index in [1.807, 2.05) is 48.5 Å². The van der Waals surface area contributed by atoms with E-state index in [1.165, 1.54) is 13.2 Å². The molecule has 1 N–H and O–H groups in total. The van der Waals surface area contributed by atoms with Crippen LogP contribution in [-0.4, -0.2) is 28.0 Å². The molecule has 3 aromatic rings. The van der Waals surface area contributed by atoms with Gasteiger partial charge in [-0.15, -0.1) is 0 Å². The smallest absolute Gasteiger partial charge is 0.257 e. The number of sulfonamides is 1. The Hall–Kier alpha value is -3.58. The monoisotopic (exact) mass is 436 g/mol. The van der Waals surface area contributed by atoms with E-state index in [0.717, 1.165) is 20.8 Å². The molecule has 7 heteroatoms. The summed E-state index contributed by atoms with van der Waals surface area (Å²) in [5.74, 6) is 0.186. The molecule has 6 nitrogen and oxygen atoms in total. The van der Waals surface area contributed by atoms with Crippen molar-refractivity contribution < 1.29 is 17.9 Å². The number of hydrogen-bond acceptors (Lipinski definition) is 4. The second-order valence-electron chi connectivity index (χ2n) is 6.73. The van der Waals surface area contributed by atoms with Crippen LogP contribution in [0.2, 0.25) is 0 Å². The van der Waals surface area contributed by atoms with Crippen LogP contribution in [0.15, 0.2) is 90.3 Å². The molecule has 3 rings (SSSR count). The highest BCUT2D eigenvalue weighted by Crippen LogP contribution is 2.23. The largest absolute Gasteiger partial charge is 0.497 e. The van der Waals surface area contributed by atoms with Gasteiger partial charge in [0.05, 0.1) is 18.2 Å². The lowest BCUT2D eigenvalue weighted by atomic mass is 10.2. The topological polar surface area (TPSA) is 75.7 Å². The fourth-order valence-corrected chi connectivity index (χ4v) is 4.05. The summed E-state index contributed by atoms with van der Waals surface area (Å²) in [5.41, 5.74) is 2.04. The lowest BCUT2D eigenvalue weighted by molar-refractivity contribution is -0.119. The van der Waals surface area contributed by atoms with Gasteiger partial charge in [0.15, 0.2) is 0 Å². The Labute approximate surface area is 182 Å². The molecule has 0 saturated carbocycles. The Kier molecular flexibility index (Phi) is 7.45. The molecule has 0 aliphatic rings. The summed E-state index contributed by atoms with van der Waals surface area (Å²) in [6.45, 7) is -0.0311. The van der Waals surface area contributed by atoms with Crippen LogP contribution < -0.4 is 14.4 Å². The minimum Gasteiger partial charge on any atom is -0.497 e. The van der Waals surface area contributed by atoms with Crippen molar-refractivity contribution in [2.24, 2.45) is 0 Å². The molecule has 0 atom stereocenters. The Bertz CT molecular complexity index is 1110. The molecule has 0 aromatic heterocycles. The van der Waals surface area contributed by atoms with Crippen LogP contribution >= 0.6 is 0 Å². The van der Waals surface area contributed by atoms with Gasteiger partial charge >= 0.3 is 0 Å². The molecule has 0 aliphatic carbocycles. The number of hydrogen-bond donors (Lipinski definition) is 1. The number of nitrogens with zero attached hydrogens (tertiary/aromatic N) is 1. The molecule has 0 unspecified atom stereocenters. The zero-order chi connectivity index (χ0) is 22.1. The van der Waals surface area contributed by atoms with Crippen molar-refractivity contribution in [3.05, 3.63) is 101 Å². The van der Waals surface area contributed by atoms with Gasteiger partial charge in [0.25, 0.3) is 10.0 Å². The van der Waals surface area contributed by atoms with Gasteiger partial charge in [0.1, 0.15) is 12.3 Å². The number of benzene rings is 3. The second kappa shape index (κ2) is 10.4. The van der Waals surface area contributed by atoms with Gasteiger partial charge in [0, 0.05) is 6.54 Å². The molecule has 0 radical (unpaired) electrons. The molecule has 0 bridgehead atoms. The highest BCUT2D eigenvalue weighted by atomic mass is 32.2. The Balaban J connectivity index is 1.81. The summed E-state index contributed by atoms with van der Waals surface area (Å²) in [6, 6.07) is 25.1. The molecule has 0 spiro atoms. The molecule has 1 amide bonds. The fourth-order valence-electron chi connectivity index (χ4n) is 2.86. The lowest BCUT2D eigenvalue weighted by Gasteiger charge is -2.22. The van der Waals surface area contributed by atoms with Crippen molar-refractivity contribution in [3.8, 4) is 5.75 Å². The average Bonchev–Trinajstić information content (AvgIpc) is 2.81. The van der Waals surface area contributed by atoms with E-state index in [-0.39, 0.29) is 6.54 Å². The van der Waals surface area contributed by atoms with Gasteiger partial charge in [-0.2, -0.15) is 0 Å². The summed E-state index contributed by atoms with van der Waals surface area (Å²) >= 11 is 0. The van der Waals surface area contributed by atoms with Crippen molar-refractivity contribution >= 4 is 27.7 Å². The van der Waals surface area contributed by atoms with E-state index in [9.17, 15) is 13.2 Å². The normalized spacial score (nSPS) is 11.3. The summed E-state index contributed by atoms with van der Waals surface area (Å²) in [5, 5.41) is 3.88. The van der Waals surface area contributed by atoms with Gasteiger partial charge in [-0.25, -0.2) is 8.42 Å². The maximum Gasteiger partial charge on any atom is 0.257 e. The Morgan fingerprint density at radius 2 is 1.55 bits per heavy atom. The van der Waals surface area contributed by atoms with E-state index >= 15 is 0 Å². The number of methoxy groups -OCH3 is 1. The third-order valence-electron chi connectivity index (χ3n) is 4.52. The zero-order valence-electron chi connectivity index (χ0n) is 17.1. The Morgan fingerprint density at radius 1 is 0.935 bits per heavy atom. The standard InChI is InChI=1S/C24H24N2O4S/c1-30-23-14-12-22(13-15-23)26(19-24(27)25-18-21-10-6-3-7-11-21)31(28,29)17-16-20-8-4-2-5-9-20/h2-17H,18-19H2,1H3,(H,25,27)/b17-16-. The molecule has 0 aliphatic heterocycles. The molecule has 31 heavy (non-hydrogen) atoms. The molecule has 0 saturated heterocycles. The number of rotatable bonds is 9. The van der Waals surface area contributed by atoms with Gasteiger partial charge < -0.3 is 10.1 Å². The summed E-state index contributed by atoms with van der Waals surface area (Å²) in [7, 11) is -2.39. The minimum atomic E-state index is -3.92. The first-order chi connectivity index (χ1) is 15.0. The predicted octanol–water partition coefficient (Wildman–Crippen LogP) is 3.82. The number of ether oxygens (including phenoxy) is 1. The molecule has 0 heterocycles. The minimum absolute atomic E-state index is 0.316. The van der Waals surface area contributed by atoms with Crippen molar-refractivity contribution in [3.63, 3.8) is 0 Å². The summed E-state index contributed by atoms with van der Waals surface area (Å²) < 4.78 is 32.4. The number of carbonyl (C=O) groups is 1. The van der Waals surface area contributed by atoms with E-state index in [1.54, 1.807) is 36.4 Å². The van der Waals surface area contributed by atoms with E-state index in [2.05, 4.69) is 5.32 Å². The lowest BCUT2D eigenvalue weighted by Crippen LogP contribution is -2.39. The first kappa shape index (κ1) is 22.1. The van der Waals surface area contributed by atoms with Crippen molar-refractivity contribution in [2.45, 2.75) is 6.54 Å². The summed E-state index contributed by atoms with van der Waals surface area (Å²) in [4.78, 5) is 12.6. The average molecular weight is 437 g/mol. The van der Waals surface area contributed by atoms with Gasteiger partial charge in [-0.05, 0) is 41.5 Å². The third kappa shape index (κ3) is 6.45.